The fourth-order valence-corrected chi connectivity index (χ4v) is 3.14. The number of carbonyl (C=O) groups excluding carboxylic acids is 1. The van der Waals surface area contributed by atoms with Crippen LogP contribution < -0.4 is 10.1 Å². The maximum absolute atomic E-state index is 12.5. The number of carbonyl (C=O) groups is 1. The molecule has 4 rings (SSSR count). The molecular formula is C22H19N3O3. The summed E-state index contributed by atoms with van der Waals surface area (Å²) in [5.41, 5.74) is 3.30. The van der Waals surface area contributed by atoms with Crippen LogP contribution in [0.15, 0.2) is 60.9 Å². The quantitative estimate of drug-likeness (QED) is 0.511. The van der Waals surface area contributed by atoms with Gasteiger partial charge in [0.25, 0.3) is 0 Å². The Morgan fingerprint density at radius 2 is 1.93 bits per heavy atom. The summed E-state index contributed by atoms with van der Waals surface area (Å²) >= 11 is 0. The molecule has 2 aromatic carbocycles. The van der Waals surface area contributed by atoms with Gasteiger partial charge in [0, 0.05) is 17.0 Å². The van der Waals surface area contributed by atoms with Gasteiger partial charge in [-0.3, -0.25) is 9.97 Å². The highest BCUT2D eigenvalue weighted by atomic mass is 16.5. The van der Waals surface area contributed by atoms with Crippen LogP contribution in [-0.2, 0) is 4.74 Å². The molecule has 0 aliphatic carbocycles. The minimum atomic E-state index is -0.434. The number of benzene rings is 2. The van der Waals surface area contributed by atoms with Gasteiger partial charge in [0.1, 0.15) is 16.8 Å². The molecule has 2 heterocycles. The van der Waals surface area contributed by atoms with E-state index in [2.05, 4.69) is 15.3 Å². The first kappa shape index (κ1) is 17.7. The Kier molecular flexibility index (Phi) is 4.76. The average Bonchev–Trinajstić information content (AvgIpc) is 2.73. The summed E-state index contributed by atoms with van der Waals surface area (Å²) in [6.45, 7) is 2.06. The van der Waals surface area contributed by atoms with E-state index in [-0.39, 0.29) is 6.61 Å². The zero-order chi connectivity index (χ0) is 19.5. The van der Waals surface area contributed by atoms with Crippen LogP contribution in [0, 0.1) is 0 Å². The first-order valence-electron chi connectivity index (χ1n) is 8.96. The number of para-hydroxylation sites is 2. The number of esters is 1. The molecule has 0 saturated heterocycles. The predicted molar refractivity (Wildman–Crippen MR) is 109 cm³/mol. The van der Waals surface area contributed by atoms with Crippen LogP contribution in [0.4, 0.5) is 11.4 Å². The molecule has 0 bridgehead atoms. The summed E-state index contributed by atoms with van der Waals surface area (Å²) in [7, 11) is 1.59. The maximum atomic E-state index is 12.5. The van der Waals surface area contributed by atoms with Gasteiger partial charge in [0.2, 0.25) is 0 Å². The van der Waals surface area contributed by atoms with Crippen LogP contribution in [0.3, 0.4) is 0 Å². The van der Waals surface area contributed by atoms with E-state index in [0.29, 0.717) is 22.5 Å². The standard InChI is InChI=1S/C22H19N3O3/c1-3-28-22(26)17-13-24-21-16(8-6-10-19(21)27-2)20(17)25-15-11-14-7-4-5-9-18(14)23-12-15/h4-13H,3H2,1-2H3,(H,24,25). The van der Waals surface area contributed by atoms with Crippen molar-refractivity contribution in [3.63, 3.8) is 0 Å². The summed E-state index contributed by atoms with van der Waals surface area (Å²) in [5, 5.41) is 5.10. The van der Waals surface area contributed by atoms with Gasteiger partial charge >= 0.3 is 5.97 Å². The van der Waals surface area contributed by atoms with Crippen LogP contribution in [0.25, 0.3) is 21.8 Å². The number of nitrogens with zero attached hydrogens (tertiary/aromatic N) is 2. The van der Waals surface area contributed by atoms with Gasteiger partial charge in [0.05, 0.1) is 36.8 Å². The molecule has 6 nitrogen and oxygen atoms in total. The van der Waals surface area contributed by atoms with Gasteiger partial charge in [0.15, 0.2) is 0 Å². The molecule has 0 aliphatic rings. The SMILES string of the molecule is CCOC(=O)c1cnc2c(OC)cccc2c1Nc1cnc2ccccc2c1. The number of hydrogen-bond donors (Lipinski definition) is 1. The molecule has 0 fully saturated rings. The van der Waals surface area contributed by atoms with Gasteiger partial charge in [-0.1, -0.05) is 30.3 Å². The predicted octanol–water partition coefficient (Wildman–Crippen LogP) is 4.71. The van der Waals surface area contributed by atoms with Crippen LogP contribution in [0.2, 0.25) is 0 Å². The van der Waals surface area contributed by atoms with Crippen molar-refractivity contribution in [3.05, 3.63) is 66.5 Å². The summed E-state index contributed by atoms with van der Waals surface area (Å²) in [6, 6.07) is 15.4. The molecule has 4 aromatic rings. The Bertz CT molecular complexity index is 1170. The molecule has 2 aromatic heterocycles. The number of fused-ring (bicyclic) bond motifs is 2. The Hall–Kier alpha value is -3.67. The molecule has 0 saturated carbocycles. The third-order valence-corrected chi connectivity index (χ3v) is 4.44. The van der Waals surface area contributed by atoms with E-state index in [0.717, 1.165) is 22.0 Å². The van der Waals surface area contributed by atoms with E-state index in [1.807, 2.05) is 48.5 Å². The topological polar surface area (TPSA) is 73.3 Å². The lowest BCUT2D eigenvalue weighted by molar-refractivity contribution is 0.0527. The molecule has 0 radical (unpaired) electrons. The van der Waals surface area contributed by atoms with E-state index in [4.69, 9.17) is 9.47 Å². The zero-order valence-corrected chi connectivity index (χ0v) is 15.6. The second-order valence-electron chi connectivity index (χ2n) is 6.17. The largest absolute Gasteiger partial charge is 0.494 e. The number of aromatic nitrogens is 2. The lowest BCUT2D eigenvalue weighted by atomic mass is 10.1. The van der Waals surface area contributed by atoms with Crippen molar-refractivity contribution in [3.8, 4) is 5.75 Å². The molecule has 0 aliphatic heterocycles. The van der Waals surface area contributed by atoms with Gasteiger partial charge in [-0.15, -0.1) is 0 Å². The van der Waals surface area contributed by atoms with Crippen LogP contribution in [0.5, 0.6) is 5.75 Å². The highest BCUT2D eigenvalue weighted by Gasteiger charge is 2.18. The van der Waals surface area contributed by atoms with Gasteiger partial charge in [-0.05, 0) is 25.1 Å². The van der Waals surface area contributed by atoms with E-state index in [1.165, 1.54) is 6.20 Å². The minimum Gasteiger partial charge on any atom is -0.494 e. The summed E-state index contributed by atoms with van der Waals surface area (Å²) in [4.78, 5) is 21.4. The molecule has 6 heteroatoms. The molecule has 0 amide bonds. The molecular weight excluding hydrogens is 354 g/mol. The van der Waals surface area contributed by atoms with Crippen molar-refractivity contribution in [1.29, 1.82) is 0 Å². The number of anilines is 2. The number of hydrogen-bond acceptors (Lipinski definition) is 6. The average molecular weight is 373 g/mol. The van der Waals surface area contributed by atoms with Crippen molar-refractivity contribution >= 4 is 39.1 Å². The highest BCUT2D eigenvalue weighted by molar-refractivity contribution is 6.07. The number of ether oxygens (including phenoxy) is 2. The van der Waals surface area contributed by atoms with E-state index in [9.17, 15) is 4.79 Å². The minimum absolute atomic E-state index is 0.284. The normalized spacial score (nSPS) is 10.8. The number of nitrogens with one attached hydrogen (secondary N) is 1. The third kappa shape index (κ3) is 3.20. The fourth-order valence-electron chi connectivity index (χ4n) is 3.14. The Morgan fingerprint density at radius 1 is 1.07 bits per heavy atom. The van der Waals surface area contributed by atoms with E-state index in [1.54, 1.807) is 20.2 Å². The van der Waals surface area contributed by atoms with Crippen molar-refractivity contribution < 1.29 is 14.3 Å². The zero-order valence-electron chi connectivity index (χ0n) is 15.6. The van der Waals surface area contributed by atoms with E-state index >= 15 is 0 Å². The van der Waals surface area contributed by atoms with Gasteiger partial charge in [-0.25, -0.2) is 4.79 Å². The van der Waals surface area contributed by atoms with Crippen molar-refractivity contribution in [1.82, 2.24) is 9.97 Å². The van der Waals surface area contributed by atoms with E-state index < -0.39 is 5.97 Å². The number of rotatable bonds is 5. The lowest BCUT2D eigenvalue weighted by Gasteiger charge is -2.15. The Balaban J connectivity index is 1.88. The molecule has 140 valence electrons. The second-order valence-corrected chi connectivity index (χ2v) is 6.17. The lowest BCUT2D eigenvalue weighted by Crippen LogP contribution is -2.09. The van der Waals surface area contributed by atoms with Gasteiger partial charge in [-0.2, -0.15) is 0 Å². The fraction of sp³-hybridized carbons (Fsp3) is 0.136. The first-order chi connectivity index (χ1) is 13.7. The van der Waals surface area contributed by atoms with Crippen molar-refractivity contribution in [2.45, 2.75) is 6.92 Å². The monoisotopic (exact) mass is 373 g/mol. The maximum Gasteiger partial charge on any atom is 0.341 e. The Labute approximate surface area is 162 Å². The number of pyridine rings is 2. The van der Waals surface area contributed by atoms with Crippen molar-refractivity contribution in [2.24, 2.45) is 0 Å². The molecule has 0 atom stereocenters. The molecule has 1 N–H and O–H groups in total. The van der Waals surface area contributed by atoms with Crippen LogP contribution in [0.1, 0.15) is 17.3 Å². The smallest absolute Gasteiger partial charge is 0.341 e. The van der Waals surface area contributed by atoms with Gasteiger partial charge < -0.3 is 14.8 Å². The highest BCUT2D eigenvalue weighted by Crippen LogP contribution is 2.34. The molecule has 0 spiro atoms. The Morgan fingerprint density at radius 3 is 2.75 bits per heavy atom. The van der Waals surface area contributed by atoms with Crippen LogP contribution >= 0.6 is 0 Å². The summed E-state index contributed by atoms with van der Waals surface area (Å²) < 4.78 is 10.6. The molecule has 0 unspecified atom stereocenters. The van der Waals surface area contributed by atoms with Crippen LogP contribution in [-0.4, -0.2) is 29.7 Å². The third-order valence-electron chi connectivity index (χ3n) is 4.44. The van der Waals surface area contributed by atoms with Crippen molar-refractivity contribution in [2.75, 3.05) is 19.0 Å². The first-order valence-corrected chi connectivity index (χ1v) is 8.96. The summed E-state index contributed by atoms with van der Waals surface area (Å²) in [6.07, 6.45) is 3.25. The summed E-state index contributed by atoms with van der Waals surface area (Å²) in [5.74, 6) is 0.198. The number of methoxy groups -OCH3 is 1. The molecule has 28 heavy (non-hydrogen) atoms. The second kappa shape index (κ2) is 7.52.